The third kappa shape index (κ3) is 4.43. The van der Waals surface area contributed by atoms with Crippen molar-refractivity contribution in [2.75, 3.05) is 14.2 Å². The van der Waals surface area contributed by atoms with Crippen molar-refractivity contribution in [3.8, 4) is 11.5 Å². The van der Waals surface area contributed by atoms with Crippen molar-refractivity contribution < 1.29 is 18.7 Å². The molecule has 4 nitrogen and oxygen atoms in total. The van der Waals surface area contributed by atoms with E-state index in [0.29, 0.717) is 17.1 Å². The lowest BCUT2D eigenvalue weighted by Crippen LogP contribution is -2.66. The molecule has 0 fully saturated rings. The van der Waals surface area contributed by atoms with Crippen molar-refractivity contribution in [1.82, 2.24) is 0 Å². The summed E-state index contributed by atoms with van der Waals surface area (Å²) in [4.78, 5) is 11.9. The van der Waals surface area contributed by atoms with Crippen LogP contribution in [0.1, 0.15) is 36.7 Å². The Morgan fingerprint density at radius 3 is 1.81 bits per heavy atom. The van der Waals surface area contributed by atoms with Gasteiger partial charge in [0.25, 0.3) is 8.32 Å². The highest BCUT2D eigenvalue weighted by molar-refractivity contribution is 6.99. The first-order valence-corrected chi connectivity index (χ1v) is 12.2. The normalized spacial score (nSPS) is 11.8. The van der Waals surface area contributed by atoms with Crippen LogP contribution in [0.3, 0.4) is 0 Å². The minimum absolute atomic E-state index is 0.153. The van der Waals surface area contributed by atoms with Gasteiger partial charge in [-0.3, -0.25) is 4.79 Å². The predicted molar refractivity (Wildman–Crippen MR) is 127 cm³/mol. The summed E-state index contributed by atoms with van der Waals surface area (Å²) in [7, 11) is 0.429. The minimum Gasteiger partial charge on any atom is -0.497 e. The van der Waals surface area contributed by atoms with E-state index in [1.54, 1.807) is 20.3 Å². The fourth-order valence-electron chi connectivity index (χ4n) is 4.14. The summed E-state index contributed by atoms with van der Waals surface area (Å²) in [6.45, 7) is 6.96. The molecular formula is C26H30O4Si. The van der Waals surface area contributed by atoms with Crippen molar-refractivity contribution in [3.63, 3.8) is 0 Å². The summed E-state index contributed by atoms with van der Waals surface area (Å²) in [6, 6.07) is 24.4. The largest absolute Gasteiger partial charge is 0.497 e. The molecule has 0 aliphatic heterocycles. The summed E-state index contributed by atoms with van der Waals surface area (Å²) in [6.07, 6.45) is 0.822. The predicted octanol–water partition coefficient (Wildman–Crippen LogP) is 4.59. The van der Waals surface area contributed by atoms with E-state index in [0.717, 1.165) is 11.8 Å². The van der Waals surface area contributed by atoms with Crippen LogP contribution in [0.15, 0.2) is 72.8 Å². The number of aldehydes is 1. The molecule has 0 amide bonds. The van der Waals surface area contributed by atoms with Gasteiger partial charge in [-0.05, 0) is 27.0 Å². The second-order valence-electron chi connectivity index (χ2n) is 8.47. The van der Waals surface area contributed by atoms with Crippen molar-refractivity contribution in [2.24, 2.45) is 0 Å². The zero-order chi connectivity index (χ0) is 22.5. The summed E-state index contributed by atoms with van der Waals surface area (Å²) < 4.78 is 17.8. The molecule has 0 aromatic heterocycles. The lowest BCUT2D eigenvalue weighted by Gasteiger charge is -2.43. The zero-order valence-corrected chi connectivity index (χ0v) is 19.8. The Morgan fingerprint density at radius 1 is 0.839 bits per heavy atom. The minimum atomic E-state index is -2.72. The van der Waals surface area contributed by atoms with E-state index in [4.69, 9.17) is 13.9 Å². The van der Waals surface area contributed by atoms with Gasteiger partial charge in [-0.2, -0.15) is 0 Å². The summed E-state index contributed by atoms with van der Waals surface area (Å²) in [5, 5.41) is 2.23. The van der Waals surface area contributed by atoms with Crippen LogP contribution in [0, 0.1) is 0 Å². The quantitative estimate of drug-likeness (QED) is 0.384. The molecule has 0 bridgehead atoms. The maximum absolute atomic E-state index is 11.9. The molecule has 0 aliphatic rings. The molecule has 0 radical (unpaired) electrons. The SMILES string of the molecule is COc1cc(CO[Si](c2ccccc2)(c2ccccc2)C(C)(C)C)c(C=O)c(OC)c1. The Hall–Kier alpha value is -2.89. The standard InChI is InChI=1S/C26H30O4Si/c1-26(2,3)31(22-12-8-6-9-13-22,23-14-10-7-11-15-23)30-19-20-16-21(28-4)17-25(29-5)24(20)18-27/h6-18H,19H2,1-5H3. The number of carbonyl (C=O) groups excluding carboxylic acids is 1. The molecule has 0 aliphatic carbocycles. The number of rotatable bonds is 8. The Labute approximate surface area is 185 Å². The van der Waals surface area contributed by atoms with Crippen LogP contribution < -0.4 is 19.8 Å². The van der Waals surface area contributed by atoms with Gasteiger partial charge in [-0.15, -0.1) is 0 Å². The van der Waals surface area contributed by atoms with E-state index < -0.39 is 8.32 Å². The summed E-state index contributed by atoms with van der Waals surface area (Å²) in [5.74, 6) is 1.11. The van der Waals surface area contributed by atoms with Crippen LogP contribution in [0.2, 0.25) is 5.04 Å². The highest BCUT2D eigenvalue weighted by Crippen LogP contribution is 2.38. The van der Waals surface area contributed by atoms with E-state index in [-0.39, 0.29) is 11.6 Å². The van der Waals surface area contributed by atoms with E-state index in [9.17, 15) is 4.79 Å². The van der Waals surface area contributed by atoms with Gasteiger partial charge >= 0.3 is 0 Å². The lowest BCUT2D eigenvalue weighted by atomic mass is 10.1. The summed E-state index contributed by atoms with van der Waals surface area (Å²) >= 11 is 0. The average molecular weight is 435 g/mol. The van der Waals surface area contributed by atoms with Crippen LogP contribution in [-0.4, -0.2) is 28.8 Å². The number of methoxy groups -OCH3 is 2. The molecule has 3 rings (SSSR count). The molecule has 3 aromatic rings. The monoisotopic (exact) mass is 434 g/mol. The van der Waals surface area contributed by atoms with Crippen LogP contribution in [0.25, 0.3) is 0 Å². The first-order valence-electron chi connectivity index (χ1n) is 10.3. The third-order valence-corrected chi connectivity index (χ3v) is 10.6. The van der Waals surface area contributed by atoms with Gasteiger partial charge in [0.2, 0.25) is 0 Å². The van der Waals surface area contributed by atoms with Crippen molar-refractivity contribution in [1.29, 1.82) is 0 Å². The number of hydrogen-bond donors (Lipinski definition) is 0. The van der Waals surface area contributed by atoms with Gasteiger partial charge in [-0.25, -0.2) is 0 Å². The molecule has 0 unspecified atom stereocenters. The summed E-state index contributed by atoms with van der Waals surface area (Å²) in [5.41, 5.74) is 1.24. The van der Waals surface area contributed by atoms with Gasteiger partial charge < -0.3 is 13.9 Å². The number of carbonyl (C=O) groups is 1. The van der Waals surface area contributed by atoms with Gasteiger partial charge in [0.15, 0.2) is 6.29 Å². The molecule has 0 N–H and O–H groups in total. The number of benzene rings is 3. The third-order valence-electron chi connectivity index (χ3n) is 5.64. The second-order valence-corrected chi connectivity index (χ2v) is 12.8. The molecular weight excluding hydrogens is 404 g/mol. The fourth-order valence-corrected chi connectivity index (χ4v) is 8.67. The zero-order valence-electron chi connectivity index (χ0n) is 18.8. The van der Waals surface area contributed by atoms with Crippen molar-refractivity contribution >= 4 is 25.0 Å². The smallest absolute Gasteiger partial charge is 0.261 e. The highest BCUT2D eigenvalue weighted by Gasteiger charge is 2.50. The second kappa shape index (κ2) is 9.50. The molecule has 0 heterocycles. The highest BCUT2D eigenvalue weighted by atomic mass is 28.4. The first kappa shape index (κ1) is 22.8. The van der Waals surface area contributed by atoms with E-state index in [2.05, 4.69) is 69.3 Å². The van der Waals surface area contributed by atoms with Crippen LogP contribution in [-0.2, 0) is 11.0 Å². The molecule has 0 saturated carbocycles. The number of ether oxygens (including phenoxy) is 2. The Kier molecular flexibility index (Phi) is 6.98. The van der Waals surface area contributed by atoms with Crippen LogP contribution >= 0.6 is 0 Å². The molecule has 0 atom stereocenters. The Balaban J connectivity index is 2.17. The van der Waals surface area contributed by atoms with Crippen LogP contribution in [0.5, 0.6) is 11.5 Å². The first-order chi connectivity index (χ1) is 14.9. The molecule has 0 saturated heterocycles. The molecule has 5 heteroatoms. The van der Waals surface area contributed by atoms with E-state index in [1.165, 1.54) is 10.4 Å². The van der Waals surface area contributed by atoms with Crippen LogP contribution in [0.4, 0.5) is 0 Å². The van der Waals surface area contributed by atoms with E-state index >= 15 is 0 Å². The topological polar surface area (TPSA) is 44.8 Å². The maximum Gasteiger partial charge on any atom is 0.261 e. The average Bonchev–Trinajstić information content (AvgIpc) is 2.79. The van der Waals surface area contributed by atoms with E-state index in [1.807, 2.05) is 18.2 Å². The molecule has 3 aromatic carbocycles. The van der Waals surface area contributed by atoms with Crippen molar-refractivity contribution in [2.45, 2.75) is 32.4 Å². The van der Waals surface area contributed by atoms with Gasteiger partial charge in [0.1, 0.15) is 11.5 Å². The molecule has 0 spiro atoms. The Bertz CT molecular complexity index is 971. The van der Waals surface area contributed by atoms with Gasteiger partial charge in [0.05, 0.1) is 26.4 Å². The van der Waals surface area contributed by atoms with Gasteiger partial charge in [0, 0.05) is 6.07 Å². The van der Waals surface area contributed by atoms with Gasteiger partial charge in [-0.1, -0.05) is 81.4 Å². The molecule has 31 heavy (non-hydrogen) atoms. The lowest BCUT2D eigenvalue weighted by molar-refractivity contribution is 0.111. The fraction of sp³-hybridized carbons (Fsp3) is 0.269. The molecule has 162 valence electrons. The number of hydrogen-bond acceptors (Lipinski definition) is 4. The Morgan fingerprint density at radius 2 is 1.39 bits per heavy atom. The van der Waals surface area contributed by atoms with Crippen molar-refractivity contribution in [3.05, 3.63) is 83.9 Å². The maximum atomic E-state index is 11.9.